The van der Waals surface area contributed by atoms with E-state index in [4.69, 9.17) is 9.84 Å². The van der Waals surface area contributed by atoms with E-state index in [0.29, 0.717) is 17.5 Å². The Balaban J connectivity index is 1.45. The fourth-order valence-electron chi connectivity index (χ4n) is 5.77. The van der Waals surface area contributed by atoms with E-state index in [0.717, 1.165) is 6.42 Å². The largest absolute Gasteiger partial charge is 0.465 e. The summed E-state index contributed by atoms with van der Waals surface area (Å²) >= 11 is 0. The minimum absolute atomic E-state index is 0.150. The van der Waals surface area contributed by atoms with Gasteiger partial charge in [-0.3, -0.25) is 4.68 Å². The van der Waals surface area contributed by atoms with Crippen LogP contribution in [-0.4, -0.2) is 22.9 Å². The second-order valence-electron chi connectivity index (χ2n) is 11.5. The summed E-state index contributed by atoms with van der Waals surface area (Å²) in [6.07, 6.45) is 9.31. The quantitative estimate of drug-likeness (QED) is 0.254. The molecule has 0 aliphatic heterocycles. The first-order chi connectivity index (χ1) is 17.8. The molecule has 37 heavy (non-hydrogen) atoms. The molecule has 5 rings (SSSR count). The van der Waals surface area contributed by atoms with E-state index < -0.39 is 0 Å². The van der Waals surface area contributed by atoms with Crippen molar-refractivity contribution in [2.45, 2.75) is 70.8 Å². The highest BCUT2D eigenvalue weighted by atomic mass is 16.5. The Labute approximate surface area is 220 Å². The average molecular weight is 495 g/mol. The maximum absolute atomic E-state index is 11.9. The van der Waals surface area contributed by atoms with Crippen molar-refractivity contribution in [3.63, 3.8) is 0 Å². The van der Waals surface area contributed by atoms with Gasteiger partial charge in [0.25, 0.3) is 0 Å². The lowest BCUT2D eigenvalue weighted by Crippen LogP contribution is -2.24. The molecule has 1 fully saturated rings. The third kappa shape index (κ3) is 5.49. The Morgan fingerprint density at radius 1 is 0.946 bits per heavy atom. The van der Waals surface area contributed by atoms with Gasteiger partial charge in [-0.15, -0.1) is 0 Å². The minimum atomic E-state index is -0.294. The number of aromatic nitrogens is 2. The van der Waals surface area contributed by atoms with E-state index >= 15 is 0 Å². The van der Waals surface area contributed by atoms with Crippen LogP contribution in [0.2, 0.25) is 0 Å². The third-order valence-corrected chi connectivity index (χ3v) is 8.01. The van der Waals surface area contributed by atoms with Crippen LogP contribution in [0.1, 0.15) is 80.4 Å². The van der Waals surface area contributed by atoms with Gasteiger partial charge >= 0.3 is 5.97 Å². The number of carbonyl (C=O) groups is 1. The number of ether oxygens (including phenoxy) is 1. The van der Waals surface area contributed by atoms with Gasteiger partial charge in [0.1, 0.15) is 0 Å². The highest BCUT2D eigenvalue weighted by Gasteiger charge is 2.27. The number of hydrogen-bond donors (Lipinski definition) is 0. The van der Waals surface area contributed by atoms with E-state index in [2.05, 4.69) is 80.1 Å². The third-order valence-electron chi connectivity index (χ3n) is 8.01. The first-order valence-corrected chi connectivity index (χ1v) is 13.6. The fraction of sp³-hybridized carbons (Fsp3) is 0.394. The molecule has 1 heterocycles. The lowest BCUT2D eigenvalue weighted by Gasteiger charge is -2.31. The van der Waals surface area contributed by atoms with Gasteiger partial charge in [0.15, 0.2) is 0 Å². The number of carbonyl (C=O) groups excluding carboxylic acids is 1. The van der Waals surface area contributed by atoms with Crippen LogP contribution >= 0.6 is 0 Å². The van der Waals surface area contributed by atoms with E-state index in [1.54, 1.807) is 0 Å². The zero-order valence-electron chi connectivity index (χ0n) is 22.5. The van der Waals surface area contributed by atoms with E-state index in [-0.39, 0.29) is 11.4 Å². The maximum Gasteiger partial charge on any atom is 0.337 e. The number of methoxy groups -OCH3 is 1. The lowest BCUT2D eigenvalue weighted by molar-refractivity contribution is 0.0600. The van der Waals surface area contributed by atoms with Crippen molar-refractivity contribution in [2.24, 2.45) is 5.92 Å². The molecule has 1 saturated carbocycles. The maximum atomic E-state index is 11.9. The van der Waals surface area contributed by atoms with Crippen LogP contribution in [0, 0.1) is 5.92 Å². The van der Waals surface area contributed by atoms with Gasteiger partial charge in [-0.2, -0.15) is 5.10 Å². The number of nitrogens with zero attached hydrogens (tertiary/aromatic N) is 2. The molecule has 0 spiro atoms. The van der Waals surface area contributed by atoms with E-state index in [1.165, 1.54) is 72.4 Å². The van der Waals surface area contributed by atoms with Crippen molar-refractivity contribution in [3.8, 4) is 11.1 Å². The number of fused-ring (bicyclic) bond motifs is 1. The molecule has 0 saturated heterocycles. The molecule has 0 amide bonds. The van der Waals surface area contributed by atoms with E-state index in [1.807, 2.05) is 18.3 Å². The van der Waals surface area contributed by atoms with Crippen molar-refractivity contribution in [1.29, 1.82) is 0 Å². The zero-order valence-corrected chi connectivity index (χ0v) is 22.5. The molecule has 1 unspecified atom stereocenters. The van der Waals surface area contributed by atoms with Crippen LogP contribution in [0.4, 0.5) is 0 Å². The first-order valence-electron chi connectivity index (χ1n) is 13.6. The smallest absolute Gasteiger partial charge is 0.337 e. The summed E-state index contributed by atoms with van der Waals surface area (Å²) in [7, 11) is 1.42. The zero-order chi connectivity index (χ0) is 26.0. The van der Waals surface area contributed by atoms with Gasteiger partial charge < -0.3 is 4.74 Å². The van der Waals surface area contributed by atoms with Crippen molar-refractivity contribution >= 4 is 16.9 Å². The molecule has 1 aliphatic carbocycles. The Hall–Kier alpha value is -3.40. The molecule has 4 nitrogen and oxygen atoms in total. The van der Waals surface area contributed by atoms with Crippen LogP contribution in [0.5, 0.6) is 0 Å². The average Bonchev–Trinajstić information content (AvgIpc) is 3.35. The standard InChI is InChI=1S/C33H38N2O2/c1-33(2,3)29-17-14-24(15-18-29)27-16-19-30-28(21-27)22-34-35(30)31(25-8-6-5-7-9-25)20-23-10-12-26(13-11-23)32(36)37-4/h10-19,21-22,25,31H,5-9,20H2,1-4H3. The lowest BCUT2D eigenvalue weighted by atomic mass is 9.81. The van der Waals surface area contributed by atoms with Gasteiger partial charge in [0, 0.05) is 5.39 Å². The Morgan fingerprint density at radius 2 is 1.62 bits per heavy atom. The van der Waals surface area contributed by atoms with Gasteiger partial charge in [-0.1, -0.05) is 82.5 Å². The topological polar surface area (TPSA) is 44.1 Å². The highest BCUT2D eigenvalue weighted by molar-refractivity contribution is 5.89. The summed E-state index contributed by atoms with van der Waals surface area (Å²) in [5.74, 6) is 0.305. The number of benzene rings is 3. The number of rotatable bonds is 6. The Kier molecular flexibility index (Phi) is 7.19. The molecule has 1 atom stereocenters. The summed E-state index contributed by atoms with van der Waals surface area (Å²) in [4.78, 5) is 11.9. The van der Waals surface area contributed by atoms with Gasteiger partial charge in [-0.05, 0) is 77.1 Å². The molecule has 0 radical (unpaired) electrons. The van der Waals surface area contributed by atoms with Crippen LogP contribution < -0.4 is 0 Å². The first kappa shape index (κ1) is 25.3. The SMILES string of the molecule is COC(=O)c1ccc(CC(C2CCCCC2)n2ncc3cc(-c4ccc(C(C)(C)C)cc4)ccc32)cc1. The van der Waals surface area contributed by atoms with Crippen molar-refractivity contribution < 1.29 is 9.53 Å². The molecule has 3 aromatic carbocycles. The summed E-state index contributed by atoms with van der Waals surface area (Å²) < 4.78 is 7.14. The van der Waals surface area contributed by atoms with E-state index in [9.17, 15) is 4.79 Å². The minimum Gasteiger partial charge on any atom is -0.465 e. The van der Waals surface area contributed by atoms with Crippen LogP contribution in [0.15, 0.2) is 72.9 Å². The fourth-order valence-corrected chi connectivity index (χ4v) is 5.77. The molecule has 1 aromatic heterocycles. The molecular formula is C33H38N2O2. The monoisotopic (exact) mass is 494 g/mol. The molecule has 0 N–H and O–H groups in total. The second kappa shape index (κ2) is 10.5. The summed E-state index contributed by atoms with van der Waals surface area (Å²) in [6, 6.07) is 23.9. The molecule has 192 valence electrons. The van der Waals surface area contributed by atoms with Gasteiger partial charge in [0.2, 0.25) is 0 Å². The molecule has 1 aliphatic rings. The van der Waals surface area contributed by atoms with Crippen molar-refractivity contribution in [2.75, 3.05) is 7.11 Å². The van der Waals surface area contributed by atoms with Crippen molar-refractivity contribution in [3.05, 3.63) is 89.6 Å². The summed E-state index contributed by atoms with van der Waals surface area (Å²) in [6.45, 7) is 6.75. The second-order valence-corrected chi connectivity index (χ2v) is 11.5. The number of esters is 1. The number of hydrogen-bond acceptors (Lipinski definition) is 3. The summed E-state index contributed by atoms with van der Waals surface area (Å²) in [5.41, 5.74) is 6.96. The summed E-state index contributed by atoms with van der Waals surface area (Å²) in [5, 5.41) is 6.13. The Bertz CT molecular complexity index is 1350. The molecular weight excluding hydrogens is 456 g/mol. The molecule has 4 aromatic rings. The van der Waals surface area contributed by atoms with Gasteiger partial charge in [0.05, 0.1) is 30.4 Å². The molecule has 4 heteroatoms. The van der Waals surface area contributed by atoms with Crippen molar-refractivity contribution in [1.82, 2.24) is 9.78 Å². The normalized spacial score (nSPS) is 15.6. The molecule has 0 bridgehead atoms. The van der Waals surface area contributed by atoms with Crippen LogP contribution in [0.25, 0.3) is 22.0 Å². The highest BCUT2D eigenvalue weighted by Crippen LogP contribution is 2.37. The predicted octanol–water partition coefficient (Wildman–Crippen LogP) is 8.15. The Morgan fingerprint density at radius 3 is 2.27 bits per heavy atom. The van der Waals surface area contributed by atoms with Crippen LogP contribution in [0.3, 0.4) is 0 Å². The predicted molar refractivity (Wildman–Crippen MR) is 151 cm³/mol. The van der Waals surface area contributed by atoms with Gasteiger partial charge in [-0.25, -0.2) is 4.79 Å². The van der Waals surface area contributed by atoms with Crippen LogP contribution in [-0.2, 0) is 16.6 Å².